The van der Waals surface area contributed by atoms with E-state index < -0.39 is 0 Å². The van der Waals surface area contributed by atoms with Crippen LogP contribution >= 0.6 is 0 Å². The fourth-order valence-electron chi connectivity index (χ4n) is 0.795. The summed E-state index contributed by atoms with van der Waals surface area (Å²) in [5.41, 5.74) is 0. The Morgan fingerprint density at radius 2 is 2.50 bits per heavy atom. The van der Waals surface area contributed by atoms with E-state index in [2.05, 4.69) is 11.3 Å². The first kappa shape index (κ1) is 4.13. The SMILES string of the molecule is [c]1nccn1C1CC1. The van der Waals surface area contributed by atoms with Crippen molar-refractivity contribution in [1.29, 1.82) is 0 Å². The van der Waals surface area contributed by atoms with Gasteiger partial charge in [0.1, 0.15) is 0 Å². The van der Waals surface area contributed by atoms with Crippen molar-refractivity contribution in [2.24, 2.45) is 0 Å². The Labute approximate surface area is 48.2 Å². The molecular formula is C6H7N2. The lowest BCUT2D eigenvalue weighted by molar-refractivity contribution is 0.734. The maximum absolute atomic E-state index is 3.82. The van der Waals surface area contributed by atoms with Crippen LogP contribution in [0.4, 0.5) is 0 Å². The van der Waals surface area contributed by atoms with Gasteiger partial charge in [0.25, 0.3) is 0 Å². The van der Waals surface area contributed by atoms with E-state index in [1.54, 1.807) is 6.20 Å². The van der Waals surface area contributed by atoms with Crippen LogP contribution < -0.4 is 0 Å². The average Bonchev–Trinajstić information content (AvgIpc) is 2.49. The first-order chi connectivity index (χ1) is 3.97. The van der Waals surface area contributed by atoms with Crippen LogP contribution in [0.5, 0.6) is 0 Å². The summed E-state index contributed by atoms with van der Waals surface area (Å²) in [4.78, 5) is 3.82. The van der Waals surface area contributed by atoms with E-state index in [1.807, 2.05) is 10.8 Å². The maximum atomic E-state index is 3.82. The zero-order valence-electron chi connectivity index (χ0n) is 4.54. The molecule has 1 aromatic heterocycles. The molecule has 1 aliphatic carbocycles. The maximum Gasteiger partial charge on any atom is 0.176 e. The number of aromatic nitrogens is 2. The predicted octanol–water partition coefficient (Wildman–Crippen LogP) is 1.02. The summed E-state index contributed by atoms with van der Waals surface area (Å²) in [7, 11) is 0. The van der Waals surface area contributed by atoms with Crippen molar-refractivity contribution < 1.29 is 0 Å². The molecule has 0 saturated heterocycles. The minimum Gasteiger partial charge on any atom is -0.325 e. The van der Waals surface area contributed by atoms with E-state index in [4.69, 9.17) is 0 Å². The van der Waals surface area contributed by atoms with Crippen LogP contribution in [0.3, 0.4) is 0 Å². The zero-order chi connectivity index (χ0) is 5.40. The van der Waals surface area contributed by atoms with Crippen LogP contribution in [0.2, 0.25) is 0 Å². The van der Waals surface area contributed by atoms with Gasteiger partial charge in [0.15, 0.2) is 6.33 Å². The summed E-state index contributed by atoms with van der Waals surface area (Å²) < 4.78 is 2.04. The Bertz CT molecular complexity index is 163. The van der Waals surface area contributed by atoms with Gasteiger partial charge in [-0.05, 0) is 12.8 Å². The molecule has 0 N–H and O–H groups in total. The fourth-order valence-corrected chi connectivity index (χ4v) is 0.795. The highest BCUT2D eigenvalue weighted by Gasteiger charge is 2.22. The Balaban J connectivity index is 2.28. The number of hydrogen-bond donors (Lipinski definition) is 0. The number of hydrogen-bond acceptors (Lipinski definition) is 1. The molecule has 0 amide bonds. The summed E-state index contributed by atoms with van der Waals surface area (Å²) in [5, 5.41) is 0. The number of imidazole rings is 1. The Hall–Kier alpha value is -0.790. The topological polar surface area (TPSA) is 17.8 Å². The number of nitrogens with zero attached hydrogens (tertiary/aromatic N) is 2. The lowest BCUT2D eigenvalue weighted by Crippen LogP contribution is -1.86. The molecule has 1 aliphatic rings. The standard InChI is InChI=1S/C6H7N2/c1-2-6(1)8-4-3-7-5-8/h3-4,6H,1-2H2. The van der Waals surface area contributed by atoms with Gasteiger partial charge in [-0.3, -0.25) is 0 Å². The van der Waals surface area contributed by atoms with E-state index >= 15 is 0 Å². The fraction of sp³-hybridized carbons (Fsp3) is 0.500. The van der Waals surface area contributed by atoms with Crippen LogP contribution in [0.25, 0.3) is 0 Å². The van der Waals surface area contributed by atoms with Crippen molar-refractivity contribution in [2.75, 3.05) is 0 Å². The van der Waals surface area contributed by atoms with Crippen LogP contribution in [-0.4, -0.2) is 9.55 Å². The summed E-state index contributed by atoms with van der Waals surface area (Å²) in [6.07, 6.45) is 9.24. The summed E-state index contributed by atoms with van der Waals surface area (Å²) in [5.74, 6) is 0. The Morgan fingerprint density at radius 1 is 1.62 bits per heavy atom. The molecule has 0 unspecified atom stereocenters. The van der Waals surface area contributed by atoms with Gasteiger partial charge in [0, 0.05) is 18.4 Å². The highest BCUT2D eigenvalue weighted by atomic mass is 15.1. The van der Waals surface area contributed by atoms with Gasteiger partial charge in [-0.2, -0.15) is 0 Å². The van der Waals surface area contributed by atoms with Gasteiger partial charge in [0.05, 0.1) is 0 Å². The van der Waals surface area contributed by atoms with Crippen LogP contribution in [0.15, 0.2) is 12.4 Å². The van der Waals surface area contributed by atoms with Crippen molar-refractivity contribution in [3.05, 3.63) is 18.7 Å². The van der Waals surface area contributed by atoms with Crippen LogP contribution in [0.1, 0.15) is 18.9 Å². The molecule has 0 aliphatic heterocycles. The van der Waals surface area contributed by atoms with Crippen molar-refractivity contribution in [3.8, 4) is 0 Å². The Kier molecular flexibility index (Phi) is 0.692. The van der Waals surface area contributed by atoms with Crippen molar-refractivity contribution in [1.82, 2.24) is 9.55 Å². The second-order valence-electron chi connectivity index (χ2n) is 2.17. The number of rotatable bonds is 1. The molecule has 0 atom stereocenters. The summed E-state index contributed by atoms with van der Waals surface area (Å²) >= 11 is 0. The van der Waals surface area contributed by atoms with E-state index in [9.17, 15) is 0 Å². The Morgan fingerprint density at radius 3 is 3.00 bits per heavy atom. The van der Waals surface area contributed by atoms with Crippen LogP contribution in [-0.2, 0) is 0 Å². The molecule has 2 heteroatoms. The van der Waals surface area contributed by atoms with Crippen molar-refractivity contribution >= 4 is 0 Å². The van der Waals surface area contributed by atoms with Gasteiger partial charge in [0.2, 0.25) is 0 Å². The molecule has 1 fully saturated rings. The molecular weight excluding hydrogens is 100 g/mol. The van der Waals surface area contributed by atoms with Gasteiger partial charge in [-0.1, -0.05) is 0 Å². The monoisotopic (exact) mass is 107 g/mol. The highest BCUT2D eigenvalue weighted by Crippen LogP contribution is 2.33. The third kappa shape index (κ3) is 0.529. The van der Waals surface area contributed by atoms with Crippen molar-refractivity contribution in [3.63, 3.8) is 0 Å². The minimum atomic E-state index is 0.734. The smallest absolute Gasteiger partial charge is 0.176 e. The molecule has 41 valence electrons. The molecule has 1 aromatic rings. The largest absolute Gasteiger partial charge is 0.325 e. The average molecular weight is 107 g/mol. The predicted molar refractivity (Wildman–Crippen MR) is 29.3 cm³/mol. The van der Waals surface area contributed by atoms with Gasteiger partial charge < -0.3 is 4.57 Å². The zero-order valence-corrected chi connectivity index (χ0v) is 4.54. The molecule has 1 heterocycles. The lowest BCUT2D eigenvalue weighted by Gasteiger charge is -1.90. The molecule has 0 aromatic carbocycles. The molecule has 1 saturated carbocycles. The third-order valence-electron chi connectivity index (χ3n) is 1.42. The minimum absolute atomic E-state index is 0.734. The molecule has 0 bridgehead atoms. The quantitative estimate of drug-likeness (QED) is 0.524. The summed E-state index contributed by atoms with van der Waals surface area (Å²) in [6, 6.07) is 0.734. The van der Waals surface area contributed by atoms with E-state index in [1.165, 1.54) is 12.8 Å². The first-order valence-electron chi connectivity index (χ1n) is 2.87. The van der Waals surface area contributed by atoms with Gasteiger partial charge in [-0.15, -0.1) is 0 Å². The van der Waals surface area contributed by atoms with Gasteiger partial charge >= 0.3 is 0 Å². The van der Waals surface area contributed by atoms with E-state index in [0.717, 1.165) is 6.04 Å². The van der Waals surface area contributed by atoms with Crippen molar-refractivity contribution in [2.45, 2.75) is 18.9 Å². The molecule has 8 heavy (non-hydrogen) atoms. The molecule has 2 rings (SSSR count). The summed E-state index contributed by atoms with van der Waals surface area (Å²) in [6.45, 7) is 0. The van der Waals surface area contributed by atoms with E-state index in [-0.39, 0.29) is 0 Å². The molecule has 2 nitrogen and oxygen atoms in total. The second kappa shape index (κ2) is 1.34. The third-order valence-corrected chi connectivity index (χ3v) is 1.42. The lowest BCUT2D eigenvalue weighted by atomic mass is 10.7. The second-order valence-corrected chi connectivity index (χ2v) is 2.17. The van der Waals surface area contributed by atoms with Gasteiger partial charge in [-0.25, -0.2) is 4.98 Å². The first-order valence-corrected chi connectivity index (χ1v) is 2.87. The van der Waals surface area contributed by atoms with Crippen LogP contribution in [0, 0.1) is 6.33 Å². The normalized spacial score (nSPS) is 19.0. The molecule has 1 radical (unpaired) electrons. The highest BCUT2D eigenvalue weighted by molar-refractivity contribution is 4.86. The van der Waals surface area contributed by atoms with E-state index in [0.29, 0.717) is 0 Å². The molecule has 0 spiro atoms.